The summed E-state index contributed by atoms with van der Waals surface area (Å²) in [6, 6.07) is 3.58. The monoisotopic (exact) mass is 274 g/mol. The van der Waals surface area contributed by atoms with Gasteiger partial charge in [0.05, 0.1) is 11.5 Å². The van der Waals surface area contributed by atoms with Crippen LogP contribution < -0.4 is 0 Å². The van der Waals surface area contributed by atoms with Gasteiger partial charge in [0.15, 0.2) is 0 Å². The van der Waals surface area contributed by atoms with E-state index in [2.05, 4.69) is 0 Å². The van der Waals surface area contributed by atoms with Crippen LogP contribution in [0.15, 0.2) is 24.3 Å². The Morgan fingerprint density at radius 2 is 1.68 bits per heavy atom. The van der Waals surface area contributed by atoms with E-state index >= 15 is 0 Å². The van der Waals surface area contributed by atoms with E-state index in [1.54, 1.807) is 0 Å². The molecule has 1 aliphatic carbocycles. The van der Waals surface area contributed by atoms with Crippen molar-refractivity contribution in [2.45, 2.75) is 18.0 Å². The van der Waals surface area contributed by atoms with Crippen LogP contribution in [0.5, 0.6) is 0 Å². The lowest BCUT2D eigenvalue weighted by molar-refractivity contribution is -0.145. The van der Waals surface area contributed by atoms with Gasteiger partial charge in [0.1, 0.15) is 5.41 Å². The Kier molecular flexibility index (Phi) is 2.80. The summed E-state index contributed by atoms with van der Waals surface area (Å²) in [6.07, 6.45) is -4.62. The first-order chi connectivity index (χ1) is 8.69. The maximum absolute atomic E-state index is 12.4. The zero-order chi connectivity index (χ0) is 14.4. The van der Waals surface area contributed by atoms with Crippen molar-refractivity contribution in [1.82, 2.24) is 0 Å². The molecule has 0 saturated heterocycles. The molecule has 0 spiro atoms. The van der Waals surface area contributed by atoms with Gasteiger partial charge in [-0.05, 0) is 24.1 Å². The van der Waals surface area contributed by atoms with E-state index in [0.717, 1.165) is 24.3 Å². The van der Waals surface area contributed by atoms with E-state index in [0.29, 0.717) is 0 Å². The van der Waals surface area contributed by atoms with Gasteiger partial charge in [-0.1, -0.05) is 12.1 Å². The molecule has 0 amide bonds. The smallest absolute Gasteiger partial charge is 0.416 e. The van der Waals surface area contributed by atoms with E-state index in [-0.39, 0.29) is 12.0 Å². The first-order valence-electron chi connectivity index (χ1n) is 5.33. The van der Waals surface area contributed by atoms with E-state index < -0.39 is 35.0 Å². The van der Waals surface area contributed by atoms with Crippen LogP contribution in [0.1, 0.15) is 17.5 Å². The lowest BCUT2D eigenvalue weighted by atomic mass is 9.92. The molecule has 2 N–H and O–H groups in total. The highest BCUT2D eigenvalue weighted by atomic mass is 19.4. The molecule has 102 valence electrons. The molecular weight excluding hydrogens is 265 g/mol. The second-order valence-corrected chi connectivity index (χ2v) is 4.45. The highest BCUT2D eigenvalue weighted by Crippen LogP contribution is 2.54. The highest BCUT2D eigenvalue weighted by Gasteiger charge is 2.65. The minimum absolute atomic E-state index is 0.0837. The molecule has 1 saturated carbocycles. The van der Waals surface area contributed by atoms with Gasteiger partial charge in [-0.3, -0.25) is 9.59 Å². The number of hydrogen-bond acceptors (Lipinski definition) is 2. The molecule has 1 aromatic rings. The number of halogens is 3. The fourth-order valence-corrected chi connectivity index (χ4v) is 2.20. The predicted molar refractivity (Wildman–Crippen MR) is 56.5 cm³/mol. The van der Waals surface area contributed by atoms with Gasteiger partial charge in [0, 0.05) is 0 Å². The third kappa shape index (κ3) is 2.05. The van der Waals surface area contributed by atoms with Crippen LogP contribution in [0.25, 0.3) is 0 Å². The first-order valence-corrected chi connectivity index (χ1v) is 5.33. The Labute approximate surface area is 105 Å². The van der Waals surface area contributed by atoms with Crippen LogP contribution in [0.2, 0.25) is 0 Å². The molecule has 2 rings (SSSR count). The summed E-state index contributed by atoms with van der Waals surface area (Å²) >= 11 is 0. The van der Waals surface area contributed by atoms with Crippen LogP contribution in [-0.2, 0) is 21.2 Å². The number of carboxylic acid groups (broad SMARTS) is 2. The van der Waals surface area contributed by atoms with Gasteiger partial charge in [0.2, 0.25) is 0 Å². The van der Waals surface area contributed by atoms with Crippen LogP contribution >= 0.6 is 0 Å². The van der Waals surface area contributed by atoms with E-state index in [1.807, 2.05) is 0 Å². The molecule has 0 heterocycles. The quantitative estimate of drug-likeness (QED) is 0.885. The SMILES string of the molecule is O=C(O)[C@H]1C[C@]1(C(=O)O)c1ccc(C(F)(F)F)cc1. The molecule has 4 nitrogen and oxygen atoms in total. The summed E-state index contributed by atoms with van der Waals surface area (Å²) in [6.45, 7) is 0. The topological polar surface area (TPSA) is 74.6 Å². The van der Waals surface area contributed by atoms with Crippen molar-refractivity contribution in [2.24, 2.45) is 5.92 Å². The molecule has 0 aromatic heterocycles. The van der Waals surface area contributed by atoms with Crippen molar-refractivity contribution in [1.29, 1.82) is 0 Å². The van der Waals surface area contributed by atoms with Crippen molar-refractivity contribution in [3.05, 3.63) is 35.4 Å². The summed E-state index contributed by atoms with van der Waals surface area (Å²) < 4.78 is 37.2. The lowest BCUT2D eigenvalue weighted by Crippen LogP contribution is -2.25. The Bertz CT molecular complexity index is 535. The number of aliphatic carboxylic acids is 2. The molecule has 19 heavy (non-hydrogen) atoms. The van der Waals surface area contributed by atoms with Gasteiger partial charge >= 0.3 is 18.1 Å². The summed E-state index contributed by atoms with van der Waals surface area (Å²) in [5, 5.41) is 18.0. The molecule has 7 heteroatoms. The van der Waals surface area contributed by atoms with Gasteiger partial charge < -0.3 is 10.2 Å². The van der Waals surface area contributed by atoms with Crippen LogP contribution in [0.4, 0.5) is 13.2 Å². The Hall–Kier alpha value is -2.05. The number of carbonyl (C=O) groups is 2. The largest absolute Gasteiger partial charge is 0.481 e. The average Bonchev–Trinajstić information content (AvgIpc) is 3.04. The van der Waals surface area contributed by atoms with Crippen molar-refractivity contribution in [2.75, 3.05) is 0 Å². The summed E-state index contributed by atoms with van der Waals surface area (Å²) in [4.78, 5) is 22.0. The standard InChI is InChI=1S/C12H9F3O4/c13-12(14,15)7-3-1-6(2-4-7)11(10(18)19)5-8(11)9(16)17/h1-4,8H,5H2,(H,16,17)(H,18,19)/t8-,11+/m1/s1. The maximum Gasteiger partial charge on any atom is 0.416 e. The second-order valence-electron chi connectivity index (χ2n) is 4.45. The number of carboxylic acids is 2. The molecule has 2 atom stereocenters. The molecular formula is C12H9F3O4. The summed E-state index contributed by atoms with van der Waals surface area (Å²) in [5.41, 5.74) is -2.42. The Morgan fingerprint density at radius 3 is 2.00 bits per heavy atom. The van der Waals surface area contributed by atoms with Gasteiger partial charge in [0.25, 0.3) is 0 Å². The predicted octanol–water partition coefficient (Wildman–Crippen LogP) is 2.13. The first kappa shape index (κ1) is 13.4. The third-order valence-electron chi connectivity index (χ3n) is 3.37. The van der Waals surface area contributed by atoms with Crippen molar-refractivity contribution >= 4 is 11.9 Å². The molecule has 0 radical (unpaired) electrons. The molecule has 1 aliphatic rings. The van der Waals surface area contributed by atoms with Gasteiger partial charge in [-0.2, -0.15) is 13.2 Å². The van der Waals surface area contributed by atoms with E-state index in [1.165, 1.54) is 0 Å². The number of benzene rings is 1. The molecule has 1 fully saturated rings. The number of alkyl halides is 3. The number of hydrogen-bond donors (Lipinski definition) is 2. The maximum atomic E-state index is 12.4. The summed E-state index contributed by atoms with van der Waals surface area (Å²) in [5.74, 6) is -3.69. The minimum atomic E-state index is -4.51. The average molecular weight is 274 g/mol. The Balaban J connectivity index is 2.37. The van der Waals surface area contributed by atoms with Crippen molar-refractivity contribution in [3.63, 3.8) is 0 Å². The van der Waals surface area contributed by atoms with Gasteiger partial charge in [-0.15, -0.1) is 0 Å². The summed E-state index contributed by atoms with van der Waals surface area (Å²) in [7, 11) is 0. The fourth-order valence-electron chi connectivity index (χ4n) is 2.20. The molecule has 0 unspecified atom stereocenters. The molecule has 1 aromatic carbocycles. The zero-order valence-electron chi connectivity index (χ0n) is 9.44. The van der Waals surface area contributed by atoms with Crippen LogP contribution in [-0.4, -0.2) is 22.2 Å². The number of rotatable bonds is 3. The van der Waals surface area contributed by atoms with Gasteiger partial charge in [-0.25, -0.2) is 0 Å². The lowest BCUT2D eigenvalue weighted by Gasteiger charge is -2.13. The third-order valence-corrected chi connectivity index (χ3v) is 3.37. The Morgan fingerprint density at radius 1 is 1.16 bits per heavy atom. The molecule has 0 aliphatic heterocycles. The minimum Gasteiger partial charge on any atom is -0.481 e. The second kappa shape index (κ2) is 3.97. The zero-order valence-corrected chi connectivity index (χ0v) is 9.44. The van der Waals surface area contributed by atoms with E-state index in [9.17, 15) is 22.8 Å². The van der Waals surface area contributed by atoms with E-state index in [4.69, 9.17) is 10.2 Å². The fraction of sp³-hybridized carbons (Fsp3) is 0.333. The van der Waals surface area contributed by atoms with Crippen LogP contribution in [0.3, 0.4) is 0 Å². The normalized spacial score (nSPS) is 25.9. The van der Waals surface area contributed by atoms with Crippen LogP contribution in [0, 0.1) is 5.92 Å². The highest BCUT2D eigenvalue weighted by molar-refractivity contribution is 5.94. The van der Waals surface area contributed by atoms with Crippen molar-refractivity contribution < 1.29 is 33.0 Å². The van der Waals surface area contributed by atoms with Crippen molar-refractivity contribution in [3.8, 4) is 0 Å². The molecule has 0 bridgehead atoms.